The number of quaternary nitrogens is 1. The van der Waals surface area contributed by atoms with E-state index in [0.29, 0.717) is 27.8 Å². The van der Waals surface area contributed by atoms with E-state index in [1.54, 1.807) is 0 Å². The first-order valence-electron chi connectivity index (χ1n) is 18.6. The van der Waals surface area contributed by atoms with Gasteiger partial charge in [-0.3, -0.25) is 13.8 Å². The van der Waals surface area contributed by atoms with Crippen molar-refractivity contribution in [3.8, 4) is 0 Å². The summed E-state index contributed by atoms with van der Waals surface area (Å²) >= 11 is 0. The average Bonchev–Trinajstić information content (AvgIpc) is 3.29. The van der Waals surface area contributed by atoms with Crippen LogP contribution < -0.4 is 0 Å². The summed E-state index contributed by atoms with van der Waals surface area (Å²) in [5.41, 5.74) is 0.853. The Morgan fingerprint density at radius 1 is 0.911 bits per heavy atom. The third kappa shape index (κ3) is 8.97. The molecule has 0 radical (unpaired) electrons. The van der Waals surface area contributed by atoms with Crippen molar-refractivity contribution >= 4 is 13.8 Å². The fourth-order valence-electron chi connectivity index (χ4n) is 10.9. The van der Waals surface area contributed by atoms with Crippen LogP contribution in [0.2, 0.25) is 0 Å². The highest BCUT2D eigenvalue weighted by molar-refractivity contribution is 7.47. The molecule has 0 saturated heterocycles. The minimum atomic E-state index is -4.17. The molecule has 0 amide bonds. The maximum atomic E-state index is 12.7. The number of phosphoric acid groups is 1. The second-order valence-electron chi connectivity index (χ2n) is 17.6. The molecule has 4 aliphatic rings. The van der Waals surface area contributed by atoms with Gasteiger partial charge in [0.05, 0.1) is 34.2 Å². The molecule has 0 spiro atoms. The summed E-state index contributed by atoms with van der Waals surface area (Å²) in [6, 6.07) is 0. The number of hydrogen-bond acceptors (Lipinski definition) is 5. The molecule has 7 nitrogen and oxygen atoms in total. The van der Waals surface area contributed by atoms with Crippen molar-refractivity contribution in [1.82, 2.24) is 0 Å². The number of hydrogen-bond donors (Lipinski definition) is 1. The predicted octanol–water partition coefficient (Wildman–Crippen LogP) is 8.89. The molecule has 262 valence electrons. The van der Waals surface area contributed by atoms with Crippen molar-refractivity contribution in [1.29, 1.82) is 0 Å². The van der Waals surface area contributed by atoms with Gasteiger partial charge in [0.2, 0.25) is 0 Å². The first-order valence-corrected chi connectivity index (χ1v) is 20.1. The van der Waals surface area contributed by atoms with Gasteiger partial charge < -0.3 is 14.1 Å². The van der Waals surface area contributed by atoms with Crippen molar-refractivity contribution in [3.05, 3.63) is 0 Å². The summed E-state index contributed by atoms with van der Waals surface area (Å²) in [5.74, 6) is 6.17. The molecule has 0 bridgehead atoms. The van der Waals surface area contributed by atoms with Gasteiger partial charge in [-0.25, -0.2) is 4.57 Å². The van der Waals surface area contributed by atoms with E-state index in [1.165, 1.54) is 57.8 Å². The summed E-state index contributed by atoms with van der Waals surface area (Å²) in [5, 5.41) is 0. The zero-order chi connectivity index (χ0) is 33.2. The Hall–Kier alpha value is -0.460. The predicted molar refractivity (Wildman–Crippen MR) is 181 cm³/mol. The fourth-order valence-corrected chi connectivity index (χ4v) is 11.7. The molecule has 0 heterocycles. The monoisotopic (exact) mass is 654 g/mol. The number of phosphoric ester groups is 1. The molecule has 8 heteroatoms. The Balaban J connectivity index is 1.26. The van der Waals surface area contributed by atoms with Gasteiger partial charge in [-0.1, -0.05) is 54.4 Å². The van der Waals surface area contributed by atoms with Gasteiger partial charge in [-0.2, -0.15) is 0 Å². The van der Waals surface area contributed by atoms with Crippen LogP contribution in [-0.2, 0) is 23.1 Å². The molecular weight excluding hydrogens is 585 g/mol. The first-order chi connectivity index (χ1) is 21.0. The maximum Gasteiger partial charge on any atom is 0.472 e. The molecule has 0 aromatic heterocycles. The molecule has 45 heavy (non-hydrogen) atoms. The lowest BCUT2D eigenvalue weighted by molar-refractivity contribution is -0.870. The molecule has 0 aliphatic heterocycles. The van der Waals surface area contributed by atoms with Crippen LogP contribution in [0, 0.1) is 58.2 Å². The van der Waals surface area contributed by atoms with Crippen LogP contribution in [0.25, 0.3) is 0 Å². The molecule has 4 aliphatic carbocycles. The molecule has 1 N–H and O–H groups in total. The van der Waals surface area contributed by atoms with Gasteiger partial charge in [0.1, 0.15) is 19.3 Å². The maximum absolute atomic E-state index is 12.7. The zero-order valence-corrected chi connectivity index (χ0v) is 31.3. The lowest BCUT2D eigenvalue weighted by atomic mass is 9.44. The number of ether oxygens (including phenoxy) is 1. The average molecular weight is 655 g/mol. The minimum absolute atomic E-state index is 0.0389. The molecule has 4 fully saturated rings. The van der Waals surface area contributed by atoms with E-state index in [0.717, 1.165) is 60.7 Å². The van der Waals surface area contributed by atoms with Crippen molar-refractivity contribution < 1.29 is 32.5 Å². The highest BCUT2D eigenvalue weighted by Gasteiger charge is 2.60. The van der Waals surface area contributed by atoms with Crippen LogP contribution in [0.1, 0.15) is 125 Å². The molecule has 4 saturated carbocycles. The lowest BCUT2D eigenvalue weighted by Gasteiger charge is -2.61. The van der Waals surface area contributed by atoms with Gasteiger partial charge >= 0.3 is 13.8 Å². The van der Waals surface area contributed by atoms with Crippen LogP contribution in [0.5, 0.6) is 0 Å². The van der Waals surface area contributed by atoms with Crippen molar-refractivity contribution in [2.45, 2.75) is 131 Å². The SMILES string of the molecule is CC[C@H](CC[C@@H](C)[C@H]1CCC2C3CCC4C[C@@H](OC(=O)CCOP(=O)(O)OCC[N+](C)(C)C)CC[C@]4(C)C3CC[C@@]21C)C(C)C. The lowest BCUT2D eigenvalue weighted by Crippen LogP contribution is -2.54. The van der Waals surface area contributed by atoms with Gasteiger partial charge in [-0.05, 0) is 122 Å². The second-order valence-corrected chi connectivity index (χ2v) is 19.1. The normalized spacial score (nSPS) is 37.7. The number of nitrogens with zero attached hydrogens (tertiary/aromatic N) is 1. The number of esters is 1. The Kier molecular flexibility index (Phi) is 12.4. The van der Waals surface area contributed by atoms with Crippen LogP contribution in [0.4, 0.5) is 0 Å². The van der Waals surface area contributed by atoms with Crippen LogP contribution >= 0.6 is 7.82 Å². The number of fused-ring (bicyclic) bond motifs is 5. The topological polar surface area (TPSA) is 82.1 Å². The minimum Gasteiger partial charge on any atom is -0.462 e. The largest absolute Gasteiger partial charge is 0.472 e. The van der Waals surface area contributed by atoms with Gasteiger partial charge in [0, 0.05) is 0 Å². The zero-order valence-electron chi connectivity index (χ0n) is 30.4. The fraction of sp³-hybridized carbons (Fsp3) is 0.973. The van der Waals surface area contributed by atoms with E-state index >= 15 is 0 Å². The Morgan fingerprint density at radius 2 is 1.58 bits per heavy atom. The van der Waals surface area contributed by atoms with Gasteiger partial charge in [0.15, 0.2) is 0 Å². The Bertz CT molecular complexity index is 1030. The summed E-state index contributed by atoms with van der Waals surface area (Å²) in [4.78, 5) is 22.6. The van der Waals surface area contributed by atoms with E-state index in [2.05, 4.69) is 41.5 Å². The summed E-state index contributed by atoms with van der Waals surface area (Å²) < 4.78 is 28.8. The highest BCUT2D eigenvalue weighted by atomic mass is 31.2. The molecule has 11 atom stereocenters. The van der Waals surface area contributed by atoms with E-state index in [1.807, 2.05) is 21.1 Å². The number of likely N-dealkylation sites (N-methyl/N-ethyl adjacent to an activating group) is 1. The van der Waals surface area contributed by atoms with Crippen molar-refractivity contribution in [2.24, 2.45) is 58.2 Å². The smallest absolute Gasteiger partial charge is 0.462 e. The first kappa shape index (κ1) is 37.4. The van der Waals surface area contributed by atoms with Crippen LogP contribution in [0.15, 0.2) is 0 Å². The van der Waals surface area contributed by atoms with Crippen LogP contribution in [-0.4, -0.2) is 62.4 Å². The third-order valence-corrected chi connectivity index (χ3v) is 14.7. The summed E-state index contributed by atoms with van der Waals surface area (Å²) in [6.45, 7) is 15.5. The Labute approximate surface area is 276 Å². The molecule has 0 aromatic carbocycles. The molecule has 5 unspecified atom stereocenters. The van der Waals surface area contributed by atoms with Crippen molar-refractivity contribution in [2.75, 3.05) is 40.9 Å². The number of rotatable bonds is 15. The summed E-state index contributed by atoms with van der Waals surface area (Å²) in [6.07, 6.45) is 15.2. The Morgan fingerprint density at radius 3 is 2.24 bits per heavy atom. The highest BCUT2D eigenvalue weighted by Crippen LogP contribution is 2.68. The van der Waals surface area contributed by atoms with Gasteiger partial charge in [0.25, 0.3) is 0 Å². The quantitative estimate of drug-likeness (QED) is 0.108. The standard InChI is InChI=1S/C37H68NO6P/c1-10-28(26(2)3)12-11-27(4)32-15-16-33-31-14-13-29-25-30(17-20-36(29,5)34(31)18-21-37(32,33)6)44-35(39)19-23-42-45(40,41)43-24-22-38(7,8)9/h26-34H,10-25H2,1-9H3/p+1/t27-,28-,29?,30+,31?,32-,33?,34?,36+,37-/m1/s1. The van der Waals surface area contributed by atoms with Crippen LogP contribution in [0.3, 0.4) is 0 Å². The van der Waals surface area contributed by atoms with Gasteiger partial charge in [-0.15, -0.1) is 0 Å². The van der Waals surface area contributed by atoms with E-state index in [9.17, 15) is 14.3 Å². The second kappa shape index (κ2) is 15.0. The third-order valence-electron chi connectivity index (χ3n) is 13.7. The van der Waals surface area contributed by atoms with E-state index < -0.39 is 7.82 Å². The van der Waals surface area contributed by atoms with E-state index in [4.69, 9.17) is 13.8 Å². The van der Waals surface area contributed by atoms with E-state index in [-0.39, 0.29) is 31.7 Å². The number of carbonyl (C=O) groups is 1. The molecule has 4 rings (SSSR count). The summed E-state index contributed by atoms with van der Waals surface area (Å²) in [7, 11) is 1.77. The molecule has 0 aromatic rings. The number of carbonyl (C=O) groups excluding carboxylic acids is 1. The molecular formula is C37H69NO6P+. The van der Waals surface area contributed by atoms with Crippen molar-refractivity contribution in [3.63, 3.8) is 0 Å².